The van der Waals surface area contributed by atoms with Crippen LogP contribution >= 0.6 is 12.4 Å². The fourth-order valence-electron chi connectivity index (χ4n) is 1.61. The number of methoxy groups -OCH3 is 1. The second kappa shape index (κ2) is 6.11. The minimum absolute atomic E-state index is 0. The maximum absolute atomic E-state index is 5.70. The molecule has 0 atom stereocenters. The van der Waals surface area contributed by atoms with Gasteiger partial charge in [0.05, 0.1) is 13.2 Å². The quantitative estimate of drug-likeness (QED) is 0.848. The van der Waals surface area contributed by atoms with E-state index in [1.54, 1.807) is 7.11 Å². The van der Waals surface area contributed by atoms with Gasteiger partial charge in [0, 0.05) is 17.3 Å². The third-order valence-corrected chi connectivity index (χ3v) is 2.43. The Labute approximate surface area is 107 Å². The monoisotopic (exact) mass is 251 g/mol. The maximum atomic E-state index is 5.70. The standard InChI is InChI=1S/C13H14N2O.ClH/c1-16-13-9-12(14)7-8-15(13)10-11-5-3-2-4-6-11;/h2-9,14H,10H2,1H3;1H/p+1. The van der Waals surface area contributed by atoms with E-state index in [4.69, 9.17) is 10.5 Å². The number of anilines is 1. The van der Waals surface area contributed by atoms with E-state index >= 15 is 0 Å². The lowest BCUT2D eigenvalue weighted by atomic mass is 10.2. The van der Waals surface area contributed by atoms with E-state index in [9.17, 15) is 0 Å². The number of pyridine rings is 1. The Balaban J connectivity index is 0.00000144. The lowest BCUT2D eigenvalue weighted by molar-refractivity contribution is -0.693. The molecule has 0 spiro atoms. The number of benzene rings is 1. The van der Waals surface area contributed by atoms with Crippen LogP contribution in [0.4, 0.5) is 5.69 Å². The zero-order valence-corrected chi connectivity index (χ0v) is 10.5. The average Bonchev–Trinajstić information content (AvgIpc) is 2.33. The summed E-state index contributed by atoms with van der Waals surface area (Å²) >= 11 is 0. The lowest BCUT2D eigenvalue weighted by Gasteiger charge is -2.03. The molecule has 2 rings (SSSR count). The zero-order valence-electron chi connectivity index (χ0n) is 9.67. The van der Waals surface area contributed by atoms with Crippen molar-refractivity contribution in [3.8, 4) is 5.88 Å². The van der Waals surface area contributed by atoms with Gasteiger partial charge in [-0.1, -0.05) is 30.3 Å². The van der Waals surface area contributed by atoms with Crippen molar-refractivity contribution < 1.29 is 9.30 Å². The van der Waals surface area contributed by atoms with E-state index < -0.39 is 0 Å². The summed E-state index contributed by atoms with van der Waals surface area (Å²) in [4.78, 5) is 0. The van der Waals surface area contributed by atoms with Crippen LogP contribution in [0.2, 0.25) is 0 Å². The predicted octanol–water partition coefficient (Wildman–Crippen LogP) is 2.04. The number of ether oxygens (including phenoxy) is 1. The van der Waals surface area contributed by atoms with E-state index in [0.29, 0.717) is 5.69 Å². The SMILES string of the molecule is COc1cc(N)cc[n+]1Cc1ccccc1.Cl. The van der Waals surface area contributed by atoms with Gasteiger partial charge in [-0.15, -0.1) is 12.4 Å². The number of hydrogen-bond acceptors (Lipinski definition) is 2. The zero-order chi connectivity index (χ0) is 11.4. The highest BCUT2D eigenvalue weighted by Crippen LogP contribution is 2.09. The highest BCUT2D eigenvalue weighted by molar-refractivity contribution is 5.85. The van der Waals surface area contributed by atoms with Crippen molar-refractivity contribution in [2.24, 2.45) is 0 Å². The molecule has 3 nitrogen and oxygen atoms in total. The largest absolute Gasteiger partial charge is 0.448 e. The van der Waals surface area contributed by atoms with Gasteiger partial charge in [-0.05, 0) is 0 Å². The third-order valence-electron chi connectivity index (χ3n) is 2.43. The first-order valence-electron chi connectivity index (χ1n) is 5.16. The summed E-state index contributed by atoms with van der Waals surface area (Å²) < 4.78 is 7.30. The van der Waals surface area contributed by atoms with Gasteiger partial charge in [0.15, 0.2) is 12.7 Å². The lowest BCUT2D eigenvalue weighted by Crippen LogP contribution is -2.35. The second-order valence-corrected chi connectivity index (χ2v) is 3.62. The molecule has 17 heavy (non-hydrogen) atoms. The van der Waals surface area contributed by atoms with Gasteiger partial charge in [-0.25, -0.2) is 0 Å². The fraction of sp³-hybridized carbons (Fsp3) is 0.154. The van der Waals surface area contributed by atoms with Gasteiger partial charge in [-0.2, -0.15) is 4.57 Å². The van der Waals surface area contributed by atoms with Crippen LogP contribution in [0.25, 0.3) is 0 Å². The summed E-state index contributed by atoms with van der Waals surface area (Å²) in [7, 11) is 1.65. The molecule has 1 aromatic heterocycles. The summed E-state index contributed by atoms with van der Waals surface area (Å²) in [6, 6.07) is 13.9. The first kappa shape index (κ1) is 13.3. The first-order valence-corrected chi connectivity index (χ1v) is 5.16. The minimum Gasteiger partial charge on any atom is -0.448 e. The molecule has 2 N–H and O–H groups in total. The molecular weight excluding hydrogens is 236 g/mol. The highest BCUT2D eigenvalue weighted by Gasteiger charge is 2.11. The molecule has 0 saturated carbocycles. The molecule has 0 aliphatic rings. The van der Waals surface area contributed by atoms with Crippen LogP contribution in [0.1, 0.15) is 5.56 Å². The number of nitrogens with zero attached hydrogens (tertiary/aromatic N) is 1. The molecule has 0 bridgehead atoms. The van der Waals surface area contributed by atoms with Crippen molar-refractivity contribution >= 4 is 18.1 Å². The predicted molar refractivity (Wildman–Crippen MR) is 70.4 cm³/mol. The highest BCUT2D eigenvalue weighted by atomic mass is 35.5. The van der Waals surface area contributed by atoms with E-state index in [-0.39, 0.29) is 12.4 Å². The summed E-state index contributed by atoms with van der Waals surface area (Å²) in [5.74, 6) is 0.767. The second-order valence-electron chi connectivity index (χ2n) is 3.62. The van der Waals surface area contributed by atoms with Gasteiger partial charge >= 0.3 is 5.88 Å². The van der Waals surface area contributed by atoms with Gasteiger partial charge in [-0.3, -0.25) is 0 Å². The van der Waals surface area contributed by atoms with Crippen LogP contribution in [-0.2, 0) is 6.54 Å². The summed E-state index contributed by atoms with van der Waals surface area (Å²) in [6.07, 6.45) is 1.93. The van der Waals surface area contributed by atoms with Crippen molar-refractivity contribution in [2.75, 3.05) is 12.8 Å². The normalized spacial score (nSPS) is 9.47. The van der Waals surface area contributed by atoms with Crippen molar-refractivity contribution in [3.63, 3.8) is 0 Å². The Kier molecular flexibility index (Phi) is 4.79. The van der Waals surface area contributed by atoms with Crippen molar-refractivity contribution in [3.05, 3.63) is 54.2 Å². The molecule has 2 aromatic rings. The Morgan fingerprint density at radius 1 is 1.18 bits per heavy atom. The van der Waals surface area contributed by atoms with E-state index in [1.807, 2.05) is 41.1 Å². The van der Waals surface area contributed by atoms with Crippen LogP contribution in [0, 0.1) is 0 Å². The van der Waals surface area contributed by atoms with Crippen LogP contribution in [0.5, 0.6) is 5.88 Å². The van der Waals surface area contributed by atoms with E-state index in [2.05, 4.69) is 12.1 Å². The van der Waals surface area contributed by atoms with Crippen LogP contribution < -0.4 is 15.0 Å². The molecule has 0 radical (unpaired) electrons. The number of rotatable bonds is 3. The molecule has 0 aliphatic carbocycles. The topological polar surface area (TPSA) is 39.1 Å². The molecule has 4 heteroatoms. The Bertz CT molecular complexity index is 474. The van der Waals surface area contributed by atoms with Crippen molar-refractivity contribution in [1.82, 2.24) is 0 Å². The van der Waals surface area contributed by atoms with Gasteiger partial charge in [0.25, 0.3) is 0 Å². The molecule has 1 aromatic carbocycles. The van der Waals surface area contributed by atoms with Gasteiger partial charge in [0.2, 0.25) is 0 Å². The number of halogens is 1. The average molecular weight is 252 g/mol. The summed E-state index contributed by atoms with van der Waals surface area (Å²) in [5.41, 5.74) is 7.64. The summed E-state index contributed by atoms with van der Waals surface area (Å²) in [5, 5.41) is 0. The van der Waals surface area contributed by atoms with Gasteiger partial charge in [0.1, 0.15) is 0 Å². The Hall–Kier alpha value is -1.74. The molecule has 90 valence electrons. The fourth-order valence-corrected chi connectivity index (χ4v) is 1.61. The molecule has 0 saturated heterocycles. The molecule has 0 unspecified atom stereocenters. The van der Waals surface area contributed by atoms with Crippen molar-refractivity contribution in [1.29, 1.82) is 0 Å². The van der Waals surface area contributed by atoms with Crippen molar-refractivity contribution in [2.45, 2.75) is 6.54 Å². The molecule has 0 amide bonds. The Morgan fingerprint density at radius 3 is 2.53 bits per heavy atom. The number of nitrogens with two attached hydrogens (primary N) is 1. The molecule has 0 fully saturated rings. The maximum Gasteiger partial charge on any atom is 0.369 e. The summed E-state index contributed by atoms with van der Waals surface area (Å²) in [6.45, 7) is 0.782. The third kappa shape index (κ3) is 3.36. The molecule has 0 aliphatic heterocycles. The number of nitrogen functional groups attached to an aromatic ring is 1. The smallest absolute Gasteiger partial charge is 0.369 e. The minimum atomic E-state index is 0. The number of aromatic nitrogens is 1. The van der Waals surface area contributed by atoms with Crippen LogP contribution in [-0.4, -0.2) is 7.11 Å². The molecule has 1 heterocycles. The van der Waals surface area contributed by atoms with E-state index in [0.717, 1.165) is 12.4 Å². The molecular formula is C13H16ClN2O+. The van der Waals surface area contributed by atoms with Crippen LogP contribution in [0.3, 0.4) is 0 Å². The number of hydrogen-bond donors (Lipinski definition) is 1. The van der Waals surface area contributed by atoms with Crippen LogP contribution in [0.15, 0.2) is 48.7 Å². The van der Waals surface area contributed by atoms with E-state index in [1.165, 1.54) is 5.56 Å². The van der Waals surface area contributed by atoms with Gasteiger partial charge < -0.3 is 10.5 Å². The first-order chi connectivity index (χ1) is 7.79. The Morgan fingerprint density at radius 2 is 1.88 bits per heavy atom.